The molecule has 4 rings (SSSR count). The molecule has 29 heavy (non-hydrogen) atoms. The molecule has 1 saturated heterocycles. The molecule has 0 radical (unpaired) electrons. The van der Waals surface area contributed by atoms with Gasteiger partial charge in [-0.2, -0.15) is 5.10 Å². The van der Waals surface area contributed by atoms with E-state index in [4.69, 9.17) is 0 Å². The average molecular weight is 389 g/mol. The second-order valence-corrected chi connectivity index (χ2v) is 6.96. The summed E-state index contributed by atoms with van der Waals surface area (Å²) in [7, 11) is 0. The van der Waals surface area contributed by atoms with Crippen molar-refractivity contribution in [3.63, 3.8) is 0 Å². The van der Waals surface area contributed by atoms with E-state index >= 15 is 0 Å². The van der Waals surface area contributed by atoms with E-state index in [1.165, 1.54) is 6.20 Å². The first-order valence-corrected chi connectivity index (χ1v) is 9.04. The number of nitrogens with zero attached hydrogens (tertiary/aromatic N) is 2. The van der Waals surface area contributed by atoms with Crippen LogP contribution in [-0.4, -0.2) is 27.6 Å². The largest absolute Gasteiger partial charge is 0.322 e. The van der Waals surface area contributed by atoms with Crippen LogP contribution in [0.3, 0.4) is 0 Å². The van der Waals surface area contributed by atoms with Crippen molar-refractivity contribution in [2.75, 3.05) is 5.32 Å². The van der Waals surface area contributed by atoms with Crippen LogP contribution in [0.2, 0.25) is 0 Å². The molecule has 0 bridgehead atoms. The molecule has 0 saturated carbocycles. The molecule has 3 aromatic rings. The topological polar surface area (TPSA) is 105 Å². The number of amides is 4. The van der Waals surface area contributed by atoms with Crippen LogP contribution in [0, 0.1) is 6.92 Å². The van der Waals surface area contributed by atoms with Crippen LogP contribution in [0.1, 0.15) is 28.5 Å². The molecule has 8 heteroatoms. The van der Waals surface area contributed by atoms with Crippen molar-refractivity contribution in [1.82, 2.24) is 20.4 Å². The van der Waals surface area contributed by atoms with Gasteiger partial charge in [0.2, 0.25) is 0 Å². The summed E-state index contributed by atoms with van der Waals surface area (Å²) in [5.74, 6) is -0.752. The lowest BCUT2D eigenvalue weighted by Gasteiger charge is -2.21. The fraction of sp³-hybridized carbons (Fsp3) is 0.143. The second-order valence-electron chi connectivity index (χ2n) is 6.96. The first-order valence-electron chi connectivity index (χ1n) is 9.04. The Balaban J connectivity index is 1.58. The number of anilines is 1. The summed E-state index contributed by atoms with van der Waals surface area (Å²) in [5.41, 5.74) is 1.90. The number of hydrogen-bond donors (Lipinski definition) is 3. The third-order valence-corrected chi connectivity index (χ3v) is 5.00. The molecule has 0 unspecified atom stereocenters. The van der Waals surface area contributed by atoms with Crippen molar-refractivity contribution in [1.29, 1.82) is 0 Å². The molecule has 1 fully saturated rings. The molecule has 4 amide bonds. The summed E-state index contributed by atoms with van der Waals surface area (Å²) >= 11 is 0. The summed E-state index contributed by atoms with van der Waals surface area (Å²) in [4.78, 5) is 36.5. The fourth-order valence-electron chi connectivity index (χ4n) is 3.31. The van der Waals surface area contributed by atoms with Gasteiger partial charge in [-0.3, -0.25) is 14.9 Å². The number of imide groups is 1. The van der Waals surface area contributed by atoms with Crippen LogP contribution in [-0.2, 0) is 10.3 Å². The molecule has 2 heterocycles. The van der Waals surface area contributed by atoms with Gasteiger partial charge in [-0.05, 0) is 43.7 Å². The van der Waals surface area contributed by atoms with E-state index in [0.29, 0.717) is 22.5 Å². The number of para-hydroxylation sites is 1. The minimum Gasteiger partial charge on any atom is -0.322 e. The normalized spacial score (nSPS) is 18.3. The number of urea groups is 1. The maximum Gasteiger partial charge on any atom is 0.322 e. The molecule has 1 atom stereocenters. The van der Waals surface area contributed by atoms with Gasteiger partial charge in [0.15, 0.2) is 0 Å². The van der Waals surface area contributed by atoms with Gasteiger partial charge in [-0.25, -0.2) is 9.48 Å². The predicted molar refractivity (Wildman–Crippen MR) is 107 cm³/mol. The van der Waals surface area contributed by atoms with Gasteiger partial charge in [0, 0.05) is 5.69 Å². The van der Waals surface area contributed by atoms with E-state index in [1.54, 1.807) is 35.9 Å². The standard InChI is InChI=1S/C21H19N5O3/c1-13-17(12-22-26(13)16-9-4-3-5-10-16)18(27)23-15-8-6-7-14(11-15)21(2)19(28)24-20(29)25-21/h3-12H,1-2H3,(H,23,27)(H2,24,25,28,29)/t21-/m0/s1. The molecule has 0 spiro atoms. The molecule has 3 N–H and O–H groups in total. The zero-order valence-electron chi connectivity index (χ0n) is 15.9. The molecular weight excluding hydrogens is 370 g/mol. The van der Waals surface area contributed by atoms with Gasteiger partial charge in [0.25, 0.3) is 11.8 Å². The Bertz CT molecular complexity index is 1120. The first kappa shape index (κ1) is 18.4. The minimum atomic E-state index is -1.19. The zero-order chi connectivity index (χ0) is 20.6. The van der Waals surface area contributed by atoms with E-state index in [0.717, 1.165) is 5.69 Å². The van der Waals surface area contributed by atoms with Gasteiger partial charge in [-0.1, -0.05) is 30.3 Å². The van der Waals surface area contributed by atoms with Crippen molar-refractivity contribution in [2.24, 2.45) is 0 Å². The number of aromatic nitrogens is 2. The minimum absolute atomic E-state index is 0.313. The van der Waals surface area contributed by atoms with E-state index in [-0.39, 0.29) is 5.91 Å². The summed E-state index contributed by atoms with van der Waals surface area (Å²) in [6.45, 7) is 3.44. The quantitative estimate of drug-likeness (QED) is 0.596. The van der Waals surface area contributed by atoms with Crippen molar-refractivity contribution >= 4 is 23.5 Å². The number of rotatable bonds is 4. The lowest BCUT2D eigenvalue weighted by atomic mass is 9.92. The van der Waals surface area contributed by atoms with Gasteiger partial charge >= 0.3 is 6.03 Å². The van der Waals surface area contributed by atoms with Crippen molar-refractivity contribution in [3.05, 3.63) is 77.6 Å². The Labute approximate surface area is 166 Å². The van der Waals surface area contributed by atoms with Gasteiger partial charge in [0.05, 0.1) is 23.1 Å². The maximum absolute atomic E-state index is 12.8. The second kappa shape index (κ2) is 6.90. The summed E-state index contributed by atoms with van der Waals surface area (Å²) in [5, 5.41) is 12.0. The van der Waals surface area contributed by atoms with Crippen molar-refractivity contribution in [2.45, 2.75) is 19.4 Å². The third kappa shape index (κ3) is 3.25. The molecule has 8 nitrogen and oxygen atoms in total. The highest BCUT2D eigenvalue weighted by atomic mass is 16.2. The number of benzene rings is 2. The van der Waals surface area contributed by atoms with Crippen LogP contribution < -0.4 is 16.0 Å². The monoisotopic (exact) mass is 389 g/mol. The van der Waals surface area contributed by atoms with Gasteiger partial charge in [0.1, 0.15) is 5.54 Å². The SMILES string of the molecule is Cc1c(C(=O)Nc2cccc([C@]3(C)NC(=O)NC3=O)c2)cnn1-c1ccccc1. The Kier molecular flexibility index (Phi) is 4.38. The number of carbonyl (C=O) groups is 3. The lowest BCUT2D eigenvalue weighted by Crippen LogP contribution is -2.40. The molecular formula is C21H19N5O3. The Morgan fingerprint density at radius 2 is 1.86 bits per heavy atom. The van der Waals surface area contributed by atoms with Crippen LogP contribution in [0.25, 0.3) is 5.69 Å². The zero-order valence-corrected chi connectivity index (χ0v) is 15.9. The molecule has 1 aromatic heterocycles. The summed E-state index contributed by atoms with van der Waals surface area (Å²) in [6.07, 6.45) is 1.52. The highest BCUT2D eigenvalue weighted by Crippen LogP contribution is 2.27. The fourth-order valence-corrected chi connectivity index (χ4v) is 3.31. The van der Waals surface area contributed by atoms with Crippen LogP contribution in [0.15, 0.2) is 60.8 Å². The predicted octanol–water partition coefficient (Wildman–Crippen LogP) is 2.49. The highest BCUT2D eigenvalue weighted by Gasteiger charge is 2.43. The summed E-state index contributed by atoms with van der Waals surface area (Å²) < 4.78 is 1.70. The third-order valence-electron chi connectivity index (χ3n) is 5.00. The van der Waals surface area contributed by atoms with E-state index in [2.05, 4.69) is 21.0 Å². The van der Waals surface area contributed by atoms with Crippen molar-refractivity contribution < 1.29 is 14.4 Å². The van der Waals surface area contributed by atoms with Crippen LogP contribution in [0.4, 0.5) is 10.5 Å². The molecule has 2 aromatic carbocycles. The number of carbonyl (C=O) groups excluding carboxylic acids is 3. The van der Waals surface area contributed by atoms with Gasteiger partial charge in [-0.15, -0.1) is 0 Å². The number of nitrogens with one attached hydrogen (secondary N) is 3. The van der Waals surface area contributed by atoms with Gasteiger partial charge < -0.3 is 10.6 Å². The van der Waals surface area contributed by atoms with E-state index in [1.807, 2.05) is 37.3 Å². The molecule has 0 aliphatic carbocycles. The highest BCUT2D eigenvalue weighted by molar-refractivity contribution is 6.08. The molecule has 146 valence electrons. The molecule has 1 aliphatic rings. The number of hydrogen-bond acceptors (Lipinski definition) is 4. The summed E-state index contributed by atoms with van der Waals surface area (Å²) in [6, 6.07) is 15.8. The maximum atomic E-state index is 12.8. The van der Waals surface area contributed by atoms with Crippen molar-refractivity contribution in [3.8, 4) is 5.69 Å². The van der Waals surface area contributed by atoms with Crippen LogP contribution >= 0.6 is 0 Å². The van der Waals surface area contributed by atoms with Crippen LogP contribution in [0.5, 0.6) is 0 Å². The molecule has 1 aliphatic heterocycles. The smallest absolute Gasteiger partial charge is 0.322 e. The Morgan fingerprint density at radius 1 is 1.10 bits per heavy atom. The van der Waals surface area contributed by atoms with E-state index < -0.39 is 17.5 Å². The average Bonchev–Trinajstić information content (AvgIpc) is 3.22. The Morgan fingerprint density at radius 3 is 2.55 bits per heavy atom. The first-order chi connectivity index (χ1) is 13.9. The lowest BCUT2D eigenvalue weighted by molar-refractivity contribution is -0.123. The Hall–Kier alpha value is -3.94. The van der Waals surface area contributed by atoms with E-state index in [9.17, 15) is 14.4 Å².